The van der Waals surface area contributed by atoms with Crippen LogP contribution in [0.3, 0.4) is 0 Å². The lowest BCUT2D eigenvalue weighted by Crippen LogP contribution is -2.53. The van der Waals surface area contributed by atoms with Crippen molar-refractivity contribution in [1.29, 1.82) is 0 Å². The summed E-state index contributed by atoms with van der Waals surface area (Å²) in [5, 5.41) is 0. The minimum absolute atomic E-state index is 0.106. The molecule has 2 aromatic heterocycles. The first-order valence-electron chi connectivity index (χ1n) is 9.99. The molecular formula is C19H28BrN5O2. The monoisotopic (exact) mass is 437 g/mol. The molecule has 148 valence electrons. The lowest BCUT2D eigenvalue weighted by atomic mass is 9.79. The molecule has 4 rings (SSSR count). The highest BCUT2D eigenvalue weighted by molar-refractivity contribution is 9.10. The minimum atomic E-state index is -0.106. The van der Waals surface area contributed by atoms with Crippen molar-refractivity contribution in [3.8, 4) is 0 Å². The molecule has 1 aliphatic heterocycles. The van der Waals surface area contributed by atoms with Crippen molar-refractivity contribution in [2.75, 3.05) is 19.7 Å². The molecule has 1 saturated carbocycles. The smallest absolute Gasteiger partial charge is 0.329 e. The van der Waals surface area contributed by atoms with E-state index in [0.29, 0.717) is 22.0 Å². The number of fused-ring (bicyclic) bond motifs is 1. The maximum absolute atomic E-state index is 12.5. The Morgan fingerprint density at radius 1 is 1.30 bits per heavy atom. The standard InChI is InChI=1S/C19H28BrN5O2/c1-3-27-14-4-8-19(2,9-5-14)24-10-6-13(7-11-24)25-17-16(23-18(25)26)21-12-15(20)22-17/h12-14H,3-11H2,1-2H3,(H,21,23,26). The number of aromatic nitrogens is 4. The summed E-state index contributed by atoms with van der Waals surface area (Å²) in [7, 11) is 0. The second-order valence-electron chi connectivity index (χ2n) is 8.03. The topological polar surface area (TPSA) is 76.0 Å². The van der Waals surface area contributed by atoms with E-state index >= 15 is 0 Å². The molecule has 0 amide bonds. The maximum atomic E-state index is 12.5. The van der Waals surface area contributed by atoms with Gasteiger partial charge in [-0.15, -0.1) is 0 Å². The fourth-order valence-corrected chi connectivity index (χ4v) is 5.08. The molecule has 7 nitrogen and oxygen atoms in total. The number of likely N-dealkylation sites (tertiary alicyclic amines) is 1. The zero-order valence-electron chi connectivity index (χ0n) is 16.1. The number of H-pyrrole nitrogens is 1. The summed E-state index contributed by atoms with van der Waals surface area (Å²) in [6.07, 6.45) is 8.65. The molecule has 8 heteroatoms. The SMILES string of the molecule is CCOC1CCC(C)(N2CCC(n3c(=O)[nH]c4ncc(Br)nc43)CC2)CC1. The van der Waals surface area contributed by atoms with Crippen molar-refractivity contribution in [1.82, 2.24) is 24.4 Å². The summed E-state index contributed by atoms with van der Waals surface area (Å²) in [6.45, 7) is 7.32. The van der Waals surface area contributed by atoms with Crippen LogP contribution in [0.2, 0.25) is 0 Å². The van der Waals surface area contributed by atoms with Crippen LogP contribution in [0.5, 0.6) is 0 Å². The first-order valence-corrected chi connectivity index (χ1v) is 10.8. The van der Waals surface area contributed by atoms with Crippen LogP contribution in [0.15, 0.2) is 15.6 Å². The van der Waals surface area contributed by atoms with E-state index < -0.39 is 0 Å². The van der Waals surface area contributed by atoms with Crippen molar-refractivity contribution >= 4 is 27.2 Å². The molecule has 0 atom stereocenters. The van der Waals surface area contributed by atoms with Gasteiger partial charge in [-0.05, 0) is 68.3 Å². The van der Waals surface area contributed by atoms with Gasteiger partial charge in [0.25, 0.3) is 0 Å². The van der Waals surface area contributed by atoms with Crippen LogP contribution in [0.25, 0.3) is 11.3 Å². The highest BCUT2D eigenvalue weighted by Crippen LogP contribution is 2.37. The molecule has 0 radical (unpaired) electrons. The Bertz CT molecular complexity index is 847. The summed E-state index contributed by atoms with van der Waals surface area (Å²) in [5.74, 6) is 0. The van der Waals surface area contributed by atoms with Crippen LogP contribution >= 0.6 is 15.9 Å². The van der Waals surface area contributed by atoms with E-state index in [9.17, 15) is 4.79 Å². The van der Waals surface area contributed by atoms with E-state index in [1.807, 2.05) is 0 Å². The van der Waals surface area contributed by atoms with Gasteiger partial charge in [0.05, 0.1) is 12.3 Å². The summed E-state index contributed by atoms with van der Waals surface area (Å²) >= 11 is 3.36. The van der Waals surface area contributed by atoms with Crippen molar-refractivity contribution in [2.45, 2.75) is 70.1 Å². The third-order valence-corrected chi connectivity index (χ3v) is 6.78. The van der Waals surface area contributed by atoms with E-state index in [1.165, 1.54) is 12.8 Å². The predicted octanol–water partition coefficient (Wildman–Crippen LogP) is 3.26. The number of nitrogens with one attached hydrogen (secondary N) is 1. The van der Waals surface area contributed by atoms with E-state index in [4.69, 9.17) is 4.74 Å². The zero-order chi connectivity index (χ0) is 19.0. The molecule has 2 fully saturated rings. The molecule has 3 heterocycles. The third-order valence-electron chi connectivity index (χ3n) is 6.40. The molecule has 1 N–H and O–H groups in total. The van der Waals surface area contributed by atoms with E-state index in [1.54, 1.807) is 10.8 Å². The quantitative estimate of drug-likeness (QED) is 0.793. The summed E-state index contributed by atoms with van der Waals surface area (Å²) in [5.41, 5.74) is 1.36. The maximum Gasteiger partial charge on any atom is 0.329 e. The molecular weight excluding hydrogens is 410 g/mol. The Morgan fingerprint density at radius 3 is 2.67 bits per heavy atom. The number of halogens is 1. The van der Waals surface area contributed by atoms with Gasteiger partial charge in [-0.1, -0.05) is 0 Å². The molecule has 0 unspecified atom stereocenters. The van der Waals surface area contributed by atoms with Crippen molar-refractivity contribution < 1.29 is 4.74 Å². The highest BCUT2D eigenvalue weighted by Gasteiger charge is 2.38. The summed E-state index contributed by atoms with van der Waals surface area (Å²) < 4.78 is 8.27. The number of nitrogens with zero attached hydrogens (tertiary/aromatic N) is 4. The number of ether oxygens (including phenoxy) is 1. The molecule has 0 bridgehead atoms. The van der Waals surface area contributed by atoms with E-state index in [2.05, 4.69) is 49.6 Å². The number of piperidine rings is 1. The molecule has 1 aliphatic carbocycles. The van der Waals surface area contributed by atoms with Gasteiger partial charge in [0, 0.05) is 31.3 Å². The molecule has 2 aliphatic rings. The Balaban J connectivity index is 1.45. The van der Waals surface area contributed by atoms with Gasteiger partial charge in [0.2, 0.25) is 0 Å². The predicted molar refractivity (Wildman–Crippen MR) is 108 cm³/mol. The van der Waals surface area contributed by atoms with Gasteiger partial charge >= 0.3 is 5.69 Å². The lowest BCUT2D eigenvalue weighted by Gasteiger charge is -2.48. The van der Waals surface area contributed by atoms with E-state index in [0.717, 1.165) is 45.4 Å². The van der Waals surface area contributed by atoms with Crippen LogP contribution in [0, 0.1) is 0 Å². The minimum Gasteiger partial charge on any atom is -0.379 e. The number of hydrogen-bond acceptors (Lipinski definition) is 5. The lowest BCUT2D eigenvalue weighted by molar-refractivity contribution is -0.0273. The average Bonchev–Trinajstić information content (AvgIpc) is 2.99. The summed E-state index contributed by atoms with van der Waals surface area (Å²) in [6, 6.07) is 0.175. The second-order valence-corrected chi connectivity index (χ2v) is 8.85. The number of rotatable bonds is 4. The van der Waals surface area contributed by atoms with E-state index in [-0.39, 0.29) is 17.3 Å². The van der Waals surface area contributed by atoms with Crippen LogP contribution in [0.4, 0.5) is 0 Å². The van der Waals surface area contributed by atoms with Crippen LogP contribution in [0.1, 0.15) is 58.4 Å². The first-order chi connectivity index (χ1) is 13.0. The van der Waals surface area contributed by atoms with Gasteiger partial charge in [0.15, 0.2) is 11.3 Å². The Morgan fingerprint density at radius 2 is 2.00 bits per heavy atom. The van der Waals surface area contributed by atoms with Crippen LogP contribution in [-0.2, 0) is 4.74 Å². The highest BCUT2D eigenvalue weighted by atomic mass is 79.9. The van der Waals surface area contributed by atoms with Gasteiger partial charge < -0.3 is 4.74 Å². The Kier molecular flexibility index (Phi) is 5.40. The largest absolute Gasteiger partial charge is 0.379 e. The zero-order valence-corrected chi connectivity index (χ0v) is 17.7. The summed E-state index contributed by atoms with van der Waals surface area (Å²) in [4.78, 5) is 26.7. The molecule has 27 heavy (non-hydrogen) atoms. The van der Waals surface area contributed by atoms with Gasteiger partial charge in [-0.3, -0.25) is 14.5 Å². The van der Waals surface area contributed by atoms with Crippen LogP contribution < -0.4 is 5.69 Å². The second kappa shape index (κ2) is 7.64. The van der Waals surface area contributed by atoms with Crippen molar-refractivity contribution in [3.05, 3.63) is 21.3 Å². The van der Waals surface area contributed by atoms with Crippen molar-refractivity contribution in [3.63, 3.8) is 0 Å². The van der Waals surface area contributed by atoms with Gasteiger partial charge in [-0.25, -0.2) is 14.8 Å². The van der Waals surface area contributed by atoms with Crippen LogP contribution in [-0.4, -0.2) is 55.8 Å². The molecule has 0 spiro atoms. The fraction of sp³-hybridized carbons (Fsp3) is 0.737. The number of aromatic amines is 1. The van der Waals surface area contributed by atoms with Gasteiger partial charge in [-0.2, -0.15) is 0 Å². The fourth-order valence-electron chi connectivity index (χ4n) is 4.81. The Labute approximate surface area is 167 Å². The normalized spacial score (nSPS) is 28.0. The molecule has 1 saturated heterocycles. The molecule has 0 aromatic carbocycles. The van der Waals surface area contributed by atoms with Gasteiger partial charge in [0.1, 0.15) is 4.60 Å². The Hall–Kier alpha value is -1.25. The van der Waals surface area contributed by atoms with Crippen molar-refractivity contribution in [2.24, 2.45) is 0 Å². The number of imidazole rings is 1. The molecule has 2 aromatic rings. The first kappa shape index (κ1) is 19.1. The number of hydrogen-bond donors (Lipinski definition) is 1. The average molecular weight is 438 g/mol. The third kappa shape index (κ3) is 3.71.